The lowest BCUT2D eigenvalue weighted by Gasteiger charge is -2.05. The summed E-state index contributed by atoms with van der Waals surface area (Å²) in [4.78, 5) is 32.5. The quantitative estimate of drug-likeness (QED) is 0.378. The van der Waals surface area contributed by atoms with Crippen molar-refractivity contribution in [2.45, 2.75) is 6.92 Å². The summed E-state index contributed by atoms with van der Waals surface area (Å²) in [6, 6.07) is 19.8. The second-order valence-corrected chi connectivity index (χ2v) is 6.91. The number of aryl methyl sites for hydroxylation is 1. The monoisotopic (exact) mass is 400 g/mol. The highest BCUT2D eigenvalue weighted by Gasteiger charge is 2.14. The van der Waals surface area contributed by atoms with E-state index < -0.39 is 5.97 Å². The van der Waals surface area contributed by atoms with Crippen LogP contribution in [-0.4, -0.2) is 35.4 Å². The van der Waals surface area contributed by atoms with E-state index in [-0.39, 0.29) is 12.4 Å². The highest BCUT2D eigenvalue weighted by molar-refractivity contribution is 6.00. The lowest BCUT2D eigenvalue weighted by molar-refractivity contribution is 0.0475. The molecule has 0 spiro atoms. The Bertz CT molecular complexity index is 1210. The summed E-state index contributed by atoms with van der Waals surface area (Å²) in [5, 5.41) is 0. The van der Waals surface area contributed by atoms with Crippen LogP contribution in [-0.2, 0) is 4.74 Å². The summed E-state index contributed by atoms with van der Waals surface area (Å²) in [6.07, 6.45) is 0. The Morgan fingerprint density at radius 3 is 2.33 bits per heavy atom. The molecule has 0 bridgehead atoms. The molecule has 1 heterocycles. The second-order valence-electron chi connectivity index (χ2n) is 6.91. The SMILES string of the molecule is COc1ccc(C(=O)COC(=O)c2ccc3nc(-c4ccc(C)cc4)[nH]c3c2)cc1. The minimum Gasteiger partial charge on any atom is -0.497 e. The van der Waals surface area contributed by atoms with Crippen LogP contribution in [0.1, 0.15) is 26.3 Å². The zero-order valence-corrected chi connectivity index (χ0v) is 16.6. The number of esters is 1. The maximum absolute atomic E-state index is 12.4. The van der Waals surface area contributed by atoms with Gasteiger partial charge in [0, 0.05) is 11.1 Å². The molecule has 150 valence electrons. The number of H-pyrrole nitrogens is 1. The fraction of sp³-hybridized carbons (Fsp3) is 0.125. The third-order valence-electron chi connectivity index (χ3n) is 4.79. The minimum atomic E-state index is -0.565. The van der Waals surface area contributed by atoms with E-state index in [0.29, 0.717) is 16.9 Å². The summed E-state index contributed by atoms with van der Waals surface area (Å²) >= 11 is 0. The van der Waals surface area contributed by atoms with Crippen molar-refractivity contribution in [3.8, 4) is 17.1 Å². The average Bonchev–Trinajstić information content (AvgIpc) is 3.21. The van der Waals surface area contributed by atoms with Gasteiger partial charge in [-0.15, -0.1) is 0 Å². The number of hydrogen-bond donors (Lipinski definition) is 1. The molecule has 0 aliphatic heterocycles. The van der Waals surface area contributed by atoms with E-state index in [1.807, 2.05) is 31.2 Å². The first-order valence-corrected chi connectivity index (χ1v) is 9.44. The maximum Gasteiger partial charge on any atom is 0.338 e. The number of nitrogens with zero attached hydrogens (tertiary/aromatic N) is 1. The lowest BCUT2D eigenvalue weighted by atomic mass is 10.1. The molecule has 1 aromatic heterocycles. The smallest absolute Gasteiger partial charge is 0.338 e. The van der Waals surface area contributed by atoms with Gasteiger partial charge in [0.25, 0.3) is 0 Å². The number of carbonyl (C=O) groups is 2. The van der Waals surface area contributed by atoms with Gasteiger partial charge in [0.05, 0.1) is 23.7 Å². The van der Waals surface area contributed by atoms with Crippen molar-refractivity contribution in [2.24, 2.45) is 0 Å². The highest BCUT2D eigenvalue weighted by Crippen LogP contribution is 2.22. The van der Waals surface area contributed by atoms with Crippen molar-refractivity contribution in [3.05, 3.63) is 83.4 Å². The Labute approximate surface area is 173 Å². The van der Waals surface area contributed by atoms with Gasteiger partial charge in [0.1, 0.15) is 11.6 Å². The molecule has 0 radical (unpaired) electrons. The summed E-state index contributed by atoms with van der Waals surface area (Å²) in [5.41, 5.74) is 4.41. The van der Waals surface area contributed by atoms with E-state index in [1.54, 1.807) is 49.6 Å². The summed E-state index contributed by atoms with van der Waals surface area (Å²) in [7, 11) is 1.55. The van der Waals surface area contributed by atoms with E-state index in [2.05, 4.69) is 9.97 Å². The molecule has 30 heavy (non-hydrogen) atoms. The van der Waals surface area contributed by atoms with Crippen molar-refractivity contribution in [1.29, 1.82) is 0 Å². The number of methoxy groups -OCH3 is 1. The molecule has 1 N–H and O–H groups in total. The van der Waals surface area contributed by atoms with Crippen molar-refractivity contribution in [2.75, 3.05) is 13.7 Å². The Morgan fingerprint density at radius 2 is 1.63 bits per heavy atom. The van der Waals surface area contributed by atoms with Crippen LogP contribution in [0.5, 0.6) is 5.75 Å². The number of imidazole rings is 1. The molecule has 4 aromatic rings. The van der Waals surface area contributed by atoms with Gasteiger partial charge in [-0.1, -0.05) is 29.8 Å². The first-order chi connectivity index (χ1) is 14.5. The number of fused-ring (bicyclic) bond motifs is 1. The van der Waals surface area contributed by atoms with Gasteiger partial charge in [-0.3, -0.25) is 4.79 Å². The first kappa shape index (κ1) is 19.4. The van der Waals surface area contributed by atoms with E-state index in [1.165, 1.54) is 5.56 Å². The molecular weight excluding hydrogens is 380 g/mol. The highest BCUT2D eigenvalue weighted by atomic mass is 16.5. The van der Waals surface area contributed by atoms with E-state index in [4.69, 9.17) is 9.47 Å². The first-order valence-electron chi connectivity index (χ1n) is 9.44. The molecule has 6 nitrogen and oxygen atoms in total. The summed E-state index contributed by atoms with van der Waals surface area (Å²) in [5.74, 6) is 0.534. The number of rotatable bonds is 6. The minimum absolute atomic E-state index is 0.282. The number of ketones is 1. The lowest BCUT2D eigenvalue weighted by Crippen LogP contribution is -2.14. The number of Topliss-reactive ketones (excluding diaryl/α,β-unsaturated/α-hetero) is 1. The molecule has 0 amide bonds. The molecule has 0 saturated carbocycles. The predicted octanol–water partition coefficient (Wildman–Crippen LogP) is 4.59. The van der Waals surface area contributed by atoms with E-state index >= 15 is 0 Å². The Morgan fingerprint density at radius 1 is 0.933 bits per heavy atom. The molecular formula is C24H20N2O4. The summed E-state index contributed by atoms with van der Waals surface area (Å²) in [6.45, 7) is 1.69. The molecule has 3 aromatic carbocycles. The topological polar surface area (TPSA) is 81.3 Å². The molecule has 0 saturated heterocycles. The van der Waals surface area contributed by atoms with E-state index in [0.717, 1.165) is 22.4 Å². The van der Waals surface area contributed by atoms with Crippen molar-refractivity contribution in [3.63, 3.8) is 0 Å². The van der Waals surface area contributed by atoms with Crippen LogP contribution in [0.15, 0.2) is 66.7 Å². The van der Waals surface area contributed by atoms with Crippen LogP contribution < -0.4 is 4.74 Å². The van der Waals surface area contributed by atoms with Crippen molar-refractivity contribution in [1.82, 2.24) is 9.97 Å². The number of nitrogens with one attached hydrogen (secondary N) is 1. The average molecular weight is 400 g/mol. The van der Waals surface area contributed by atoms with Gasteiger partial charge in [0.15, 0.2) is 12.4 Å². The normalized spacial score (nSPS) is 10.7. The third kappa shape index (κ3) is 4.07. The Balaban J connectivity index is 1.46. The standard InChI is InChI=1S/C24H20N2O4/c1-15-3-5-17(6-4-15)23-25-20-12-9-18(13-21(20)26-23)24(28)30-14-22(27)16-7-10-19(29-2)11-8-16/h3-13H,14H2,1-2H3,(H,25,26). The molecule has 0 atom stereocenters. The maximum atomic E-state index is 12.4. The van der Waals surface area contributed by atoms with Crippen LogP contribution >= 0.6 is 0 Å². The number of ether oxygens (including phenoxy) is 2. The zero-order chi connectivity index (χ0) is 21.1. The van der Waals surface area contributed by atoms with Crippen LogP contribution in [0.2, 0.25) is 0 Å². The van der Waals surface area contributed by atoms with Gasteiger partial charge >= 0.3 is 5.97 Å². The van der Waals surface area contributed by atoms with Crippen molar-refractivity contribution >= 4 is 22.8 Å². The Hall–Kier alpha value is -3.93. The van der Waals surface area contributed by atoms with Gasteiger partial charge in [-0.2, -0.15) is 0 Å². The molecule has 4 rings (SSSR count). The summed E-state index contributed by atoms with van der Waals surface area (Å²) < 4.78 is 10.3. The van der Waals surface area contributed by atoms with Crippen LogP contribution in [0.4, 0.5) is 0 Å². The molecule has 0 aliphatic rings. The number of hydrogen-bond acceptors (Lipinski definition) is 5. The number of carbonyl (C=O) groups excluding carboxylic acids is 2. The fourth-order valence-electron chi connectivity index (χ4n) is 3.06. The number of aromatic amines is 1. The Kier molecular flexibility index (Phi) is 5.30. The number of benzene rings is 3. The predicted molar refractivity (Wildman–Crippen MR) is 114 cm³/mol. The van der Waals surface area contributed by atoms with Crippen LogP contribution in [0.3, 0.4) is 0 Å². The van der Waals surface area contributed by atoms with Crippen LogP contribution in [0, 0.1) is 6.92 Å². The molecule has 0 aliphatic carbocycles. The molecule has 0 unspecified atom stereocenters. The van der Waals surface area contributed by atoms with E-state index in [9.17, 15) is 9.59 Å². The second kappa shape index (κ2) is 8.21. The molecule has 6 heteroatoms. The third-order valence-corrected chi connectivity index (χ3v) is 4.79. The fourth-order valence-corrected chi connectivity index (χ4v) is 3.06. The van der Waals surface area contributed by atoms with Crippen molar-refractivity contribution < 1.29 is 19.1 Å². The largest absolute Gasteiger partial charge is 0.497 e. The van der Waals surface area contributed by atoms with Crippen LogP contribution in [0.25, 0.3) is 22.4 Å². The van der Waals surface area contributed by atoms with Gasteiger partial charge < -0.3 is 14.5 Å². The number of aromatic nitrogens is 2. The van der Waals surface area contributed by atoms with Gasteiger partial charge in [-0.25, -0.2) is 9.78 Å². The molecule has 0 fully saturated rings. The van der Waals surface area contributed by atoms with Gasteiger partial charge in [-0.05, 0) is 49.4 Å². The zero-order valence-electron chi connectivity index (χ0n) is 16.6. The van der Waals surface area contributed by atoms with Gasteiger partial charge in [0.2, 0.25) is 0 Å².